The van der Waals surface area contributed by atoms with Crippen LogP contribution in [0.2, 0.25) is 9.63 Å². The van der Waals surface area contributed by atoms with Gasteiger partial charge in [-0.3, -0.25) is 0 Å². The van der Waals surface area contributed by atoms with Crippen molar-refractivity contribution >= 4 is 31.2 Å². The van der Waals surface area contributed by atoms with Crippen LogP contribution in [-0.2, 0) is 14.2 Å². The van der Waals surface area contributed by atoms with Gasteiger partial charge in [0, 0.05) is 0 Å². The maximum atomic E-state index is 6.63. The Kier molecular flexibility index (Phi) is 5.86. The van der Waals surface area contributed by atoms with Crippen LogP contribution in [-0.4, -0.2) is 37.8 Å². The summed E-state index contributed by atoms with van der Waals surface area (Å²) in [5.74, 6) is 0. The molecule has 0 saturated carbocycles. The molecule has 16 heavy (non-hydrogen) atoms. The molecule has 0 aromatic rings. The molecule has 1 aliphatic rings. The van der Waals surface area contributed by atoms with Gasteiger partial charge >= 0.3 is 109 Å². The van der Waals surface area contributed by atoms with E-state index in [9.17, 15) is 0 Å². The van der Waals surface area contributed by atoms with Crippen LogP contribution in [0.25, 0.3) is 0 Å². The molecule has 0 spiro atoms. The zero-order valence-electron chi connectivity index (χ0n) is 10.1. The van der Waals surface area contributed by atoms with Crippen molar-refractivity contribution in [3.8, 4) is 0 Å². The monoisotopic (exact) mass is 338 g/mol. The number of hydrogen-bond acceptors (Lipinski definition) is 3. The molecule has 1 fully saturated rings. The Labute approximate surface area is 108 Å². The number of hydrogen-bond donors (Lipinski definition) is 0. The predicted octanol–water partition coefficient (Wildman–Crippen LogP) is 3.44. The molecule has 98 valence electrons. The first-order valence-corrected chi connectivity index (χ1v) is 11.9. The van der Waals surface area contributed by atoms with Crippen LogP contribution in [0.3, 0.4) is 0 Å². The van der Waals surface area contributed by atoms with Crippen molar-refractivity contribution in [2.24, 2.45) is 0 Å². The van der Waals surface area contributed by atoms with Crippen LogP contribution in [0.1, 0.15) is 26.7 Å². The summed E-state index contributed by atoms with van der Waals surface area (Å²) in [6.45, 7) is 4.13. The topological polar surface area (TPSA) is 27.7 Å². The van der Waals surface area contributed by atoms with E-state index in [4.69, 9.17) is 34.4 Å². The number of ether oxygens (including phenoxy) is 3. The summed E-state index contributed by atoms with van der Waals surface area (Å²) in [6, 6.07) is 0. The molecule has 1 rings (SSSR count). The third kappa shape index (κ3) is 2.69. The van der Waals surface area contributed by atoms with Crippen molar-refractivity contribution in [1.29, 1.82) is 0 Å². The molecule has 1 aliphatic heterocycles. The average Bonchev–Trinajstić information content (AvgIpc) is 2.26. The summed E-state index contributed by atoms with van der Waals surface area (Å²) in [7, 11) is 16.5. The van der Waals surface area contributed by atoms with Gasteiger partial charge in [0.1, 0.15) is 0 Å². The molecular weight excluding hydrogens is 318 g/mol. The molecular formula is C10H20Cl2O3Se. The maximum absolute atomic E-state index is 6.63. The number of methoxy groups -OCH3 is 2. The molecule has 0 aromatic carbocycles. The molecule has 0 N–H and O–H groups in total. The normalized spacial score (nSPS) is 40.6. The zero-order valence-corrected chi connectivity index (χ0v) is 13.3. The zero-order chi connectivity index (χ0) is 12.3. The summed E-state index contributed by atoms with van der Waals surface area (Å²) in [5, 5.41) is 0. The molecule has 6 heteroatoms. The molecule has 1 saturated heterocycles. The van der Waals surface area contributed by atoms with Crippen LogP contribution < -0.4 is 0 Å². The summed E-state index contributed by atoms with van der Waals surface area (Å²) < 4.78 is 16.4. The van der Waals surface area contributed by atoms with E-state index in [0.29, 0.717) is 0 Å². The quantitative estimate of drug-likeness (QED) is 0.735. The van der Waals surface area contributed by atoms with Crippen molar-refractivity contribution in [3.63, 3.8) is 0 Å². The summed E-state index contributed by atoms with van der Waals surface area (Å²) in [6.07, 6.45) is 1.07. The first-order chi connectivity index (χ1) is 7.52. The van der Waals surface area contributed by atoms with E-state index in [-0.39, 0.29) is 22.2 Å². The standard InChI is InChI=1S/C10H20Cl2O3Se/c1-5-7-9(13-3)15-10(14-4)8(6-2)16(7,11)12/h7-10H,5-6H2,1-4H3. The Morgan fingerprint density at radius 3 is 1.62 bits per heavy atom. The summed E-state index contributed by atoms with van der Waals surface area (Å²) in [5.41, 5.74) is 0. The van der Waals surface area contributed by atoms with Crippen LogP contribution in [0.5, 0.6) is 0 Å². The van der Waals surface area contributed by atoms with E-state index in [1.807, 2.05) is 0 Å². The van der Waals surface area contributed by atoms with E-state index in [1.54, 1.807) is 14.2 Å². The Bertz CT molecular complexity index is 208. The molecule has 0 aliphatic carbocycles. The Hall–Kier alpha value is 0.979. The Morgan fingerprint density at radius 2 is 1.38 bits per heavy atom. The minimum atomic E-state index is -2.65. The fraction of sp³-hybridized carbons (Fsp3) is 1.00. The van der Waals surface area contributed by atoms with Crippen LogP contribution >= 0.6 is 20.2 Å². The third-order valence-electron chi connectivity index (χ3n) is 2.95. The van der Waals surface area contributed by atoms with Gasteiger partial charge in [-0.25, -0.2) is 0 Å². The summed E-state index contributed by atoms with van der Waals surface area (Å²) in [4.78, 5) is 0.224. The third-order valence-corrected chi connectivity index (χ3v) is 13.4. The van der Waals surface area contributed by atoms with Gasteiger partial charge in [-0.15, -0.1) is 0 Å². The van der Waals surface area contributed by atoms with E-state index < -0.39 is 11.0 Å². The average molecular weight is 338 g/mol. The molecule has 0 bridgehead atoms. The molecule has 4 atom stereocenters. The SMILES string of the molecule is CCC1C(OC)OC(OC)C(CC)[Se]1(Cl)Cl. The van der Waals surface area contributed by atoms with Gasteiger partial charge in [0.2, 0.25) is 0 Å². The first-order valence-electron chi connectivity index (χ1n) is 5.44. The van der Waals surface area contributed by atoms with E-state index in [0.717, 1.165) is 12.8 Å². The van der Waals surface area contributed by atoms with E-state index >= 15 is 0 Å². The van der Waals surface area contributed by atoms with Gasteiger partial charge in [0.05, 0.1) is 0 Å². The van der Waals surface area contributed by atoms with Crippen LogP contribution in [0, 0.1) is 0 Å². The second kappa shape index (κ2) is 6.24. The fourth-order valence-corrected chi connectivity index (χ4v) is 11.2. The van der Waals surface area contributed by atoms with Gasteiger partial charge in [0.25, 0.3) is 0 Å². The first kappa shape index (κ1) is 15.0. The Morgan fingerprint density at radius 1 is 1.00 bits per heavy atom. The number of rotatable bonds is 4. The second-order valence-electron chi connectivity index (χ2n) is 3.79. The second-order valence-corrected chi connectivity index (χ2v) is 14.8. The fourth-order valence-electron chi connectivity index (χ4n) is 2.07. The molecule has 0 amide bonds. The van der Waals surface area contributed by atoms with Gasteiger partial charge in [0.15, 0.2) is 0 Å². The molecule has 0 radical (unpaired) electrons. The number of halogens is 2. The van der Waals surface area contributed by atoms with Gasteiger partial charge in [-0.05, 0) is 0 Å². The van der Waals surface area contributed by atoms with Crippen molar-refractivity contribution in [3.05, 3.63) is 0 Å². The van der Waals surface area contributed by atoms with Gasteiger partial charge in [-0.1, -0.05) is 0 Å². The Balaban J connectivity index is 2.95. The van der Waals surface area contributed by atoms with E-state index in [1.165, 1.54) is 0 Å². The molecule has 1 heterocycles. The van der Waals surface area contributed by atoms with Crippen LogP contribution in [0.15, 0.2) is 0 Å². The van der Waals surface area contributed by atoms with E-state index in [2.05, 4.69) is 13.8 Å². The van der Waals surface area contributed by atoms with Gasteiger partial charge in [-0.2, -0.15) is 0 Å². The van der Waals surface area contributed by atoms with Crippen molar-refractivity contribution in [1.82, 2.24) is 0 Å². The minimum absolute atomic E-state index is 0.112. The van der Waals surface area contributed by atoms with Gasteiger partial charge < -0.3 is 0 Å². The van der Waals surface area contributed by atoms with Crippen molar-refractivity contribution in [2.75, 3.05) is 14.2 Å². The van der Waals surface area contributed by atoms with Crippen LogP contribution in [0.4, 0.5) is 0 Å². The molecule has 0 aromatic heterocycles. The molecule has 4 unspecified atom stereocenters. The summed E-state index contributed by atoms with van der Waals surface area (Å²) >= 11 is -2.65. The van der Waals surface area contributed by atoms with Crippen molar-refractivity contribution < 1.29 is 14.2 Å². The molecule has 3 nitrogen and oxygen atoms in total. The predicted molar refractivity (Wildman–Crippen MR) is 68.2 cm³/mol. The van der Waals surface area contributed by atoms with Crippen molar-refractivity contribution in [2.45, 2.75) is 48.9 Å².